The van der Waals surface area contributed by atoms with Crippen molar-refractivity contribution in [2.75, 3.05) is 0 Å². The zero-order valence-electron chi connectivity index (χ0n) is 33.8. The lowest BCUT2D eigenvalue weighted by Crippen LogP contribution is -1.91. The van der Waals surface area contributed by atoms with Gasteiger partial charge >= 0.3 is 0 Å². The van der Waals surface area contributed by atoms with E-state index >= 15 is 0 Å². The molecule has 9 aromatic rings. The van der Waals surface area contributed by atoms with E-state index in [-0.39, 0.29) is 47.4 Å². The number of fused-ring (bicyclic) bond motifs is 5. The predicted molar refractivity (Wildman–Crippen MR) is 190 cm³/mol. The molecule has 0 atom stereocenters. The molecule has 210 valence electrons. The summed E-state index contributed by atoms with van der Waals surface area (Å²) in [6, 6.07) is 31.6. The van der Waals surface area contributed by atoms with Crippen molar-refractivity contribution in [2.45, 2.75) is 0 Å². The lowest BCUT2D eigenvalue weighted by molar-refractivity contribution is 0.670. The fourth-order valence-electron chi connectivity index (χ4n) is 6.51. The van der Waals surface area contributed by atoms with E-state index in [1.807, 2.05) is 60.7 Å². The number of furan rings is 1. The number of para-hydroxylation sites is 1. The van der Waals surface area contributed by atoms with Crippen molar-refractivity contribution in [3.05, 3.63) is 170 Å². The van der Waals surface area contributed by atoms with Crippen LogP contribution in [0.5, 0.6) is 0 Å². The van der Waals surface area contributed by atoms with Crippen molar-refractivity contribution in [3.63, 3.8) is 0 Å². The molecule has 0 fully saturated rings. The molecule has 1 heterocycles. The third-order valence-electron chi connectivity index (χ3n) is 8.43. The van der Waals surface area contributed by atoms with Crippen molar-refractivity contribution in [1.29, 1.82) is 0 Å². The Labute approximate surface area is 275 Å². The zero-order valence-corrected chi connectivity index (χ0v) is 23.8. The first-order valence-electron chi connectivity index (χ1n) is 19.6. The Morgan fingerprint density at radius 1 is 0.378 bits per heavy atom. The van der Waals surface area contributed by atoms with Gasteiger partial charge in [-0.25, -0.2) is 0 Å². The van der Waals surface area contributed by atoms with Crippen LogP contribution in [0.2, 0.25) is 0 Å². The summed E-state index contributed by atoms with van der Waals surface area (Å²) in [5.41, 5.74) is 5.88. The van der Waals surface area contributed by atoms with E-state index in [1.54, 1.807) is 18.2 Å². The first-order chi connectivity index (χ1) is 26.5. The summed E-state index contributed by atoms with van der Waals surface area (Å²) in [4.78, 5) is 0. The highest BCUT2D eigenvalue weighted by Gasteiger charge is 2.19. The molecule has 0 saturated carbocycles. The molecule has 0 N–H and O–H groups in total. The molecule has 0 aliphatic rings. The molecule has 0 spiro atoms. The number of hydrogen-bond donors (Lipinski definition) is 0. The second-order valence-electron chi connectivity index (χ2n) is 10.9. The van der Waals surface area contributed by atoms with Gasteiger partial charge in [0.2, 0.25) is 0 Å². The summed E-state index contributed by atoms with van der Waals surface area (Å²) >= 11 is 0. The topological polar surface area (TPSA) is 13.1 Å². The Bertz CT molecular complexity index is 3000. The average molecular weight is 583 g/mol. The van der Waals surface area contributed by atoms with Crippen LogP contribution >= 0.6 is 0 Å². The maximum Gasteiger partial charge on any atom is 0.143 e. The van der Waals surface area contributed by atoms with Gasteiger partial charge in [0.15, 0.2) is 0 Å². The molecule has 9 rings (SSSR count). The van der Waals surface area contributed by atoms with Gasteiger partial charge in [0.05, 0.1) is 13.7 Å². The molecule has 0 saturated heterocycles. The molecule has 0 unspecified atom stereocenters. The number of hydrogen-bond acceptors (Lipinski definition) is 1. The van der Waals surface area contributed by atoms with E-state index in [2.05, 4.69) is 30.3 Å². The van der Waals surface area contributed by atoms with Crippen LogP contribution in [0.25, 0.3) is 88.0 Å². The van der Waals surface area contributed by atoms with Crippen molar-refractivity contribution >= 4 is 43.5 Å². The van der Waals surface area contributed by atoms with Gasteiger partial charge in [-0.3, -0.25) is 0 Å². The van der Waals surface area contributed by atoms with E-state index in [0.29, 0.717) is 22.3 Å². The molecule has 0 aliphatic carbocycles. The summed E-state index contributed by atoms with van der Waals surface area (Å²) in [7, 11) is 0. The van der Waals surface area contributed by atoms with Gasteiger partial charge in [0.1, 0.15) is 11.2 Å². The van der Waals surface area contributed by atoms with Crippen LogP contribution in [-0.4, -0.2) is 0 Å². The highest BCUT2D eigenvalue weighted by Crippen LogP contribution is 2.45. The third kappa shape index (κ3) is 4.17. The van der Waals surface area contributed by atoms with Gasteiger partial charge in [-0.15, -0.1) is 0 Å². The lowest BCUT2D eigenvalue weighted by Gasteiger charge is -2.18. The molecular formula is C44H28O. The molecule has 0 bridgehead atoms. The Morgan fingerprint density at radius 3 is 1.56 bits per heavy atom. The first-order valence-corrected chi connectivity index (χ1v) is 14.6. The van der Waals surface area contributed by atoms with E-state index in [0.717, 1.165) is 54.6 Å². The summed E-state index contributed by atoms with van der Waals surface area (Å²) < 4.78 is 89.9. The third-order valence-corrected chi connectivity index (χ3v) is 8.43. The van der Waals surface area contributed by atoms with Crippen molar-refractivity contribution in [3.8, 4) is 44.5 Å². The highest BCUT2D eigenvalue weighted by molar-refractivity contribution is 6.22. The maximum absolute atomic E-state index is 8.61. The Balaban J connectivity index is 1.27. The predicted octanol–water partition coefficient (Wildman–Crippen LogP) is 12.6. The van der Waals surface area contributed by atoms with Crippen molar-refractivity contribution in [1.82, 2.24) is 0 Å². The van der Waals surface area contributed by atoms with Crippen LogP contribution in [0.3, 0.4) is 0 Å². The van der Waals surface area contributed by atoms with Gasteiger partial charge in [-0.05, 0) is 78.7 Å². The summed E-state index contributed by atoms with van der Waals surface area (Å²) in [6.07, 6.45) is 0. The Kier molecular flexibility index (Phi) is 4.01. The fraction of sp³-hybridized carbons (Fsp3) is 0. The number of rotatable bonds is 4. The summed E-state index contributed by atoms with van der Waals surface area (Å²) in [5.74, 6) is 0. The Morgan fingerprint density at radius 2 is 0.911 bits per heavy atom. The average Bonchev–Trinajstić information content (AvgIpc) is 3.58. The van der Waals surface area contributed by atoms with Crippen molar-refractivity contribution in [2.24, 2.45) is 0 Å². The molecule has 45 heavy (non-hydrogen) atoms. The summed E-state index contributed by atoms with van der Waals surface area (Å²) in [5, 5.41) is 5.46. The van der Waals surface area contributed by atoms with Crippen LogP contribution in [0, 0.1) is 0 Å². The van der Waals surface area contributed by atoms with Crippen LogP contribution in [0.4, 0.5) is 0 Å². The minimum absolute atomic E-state index is 0.0825. The maximum atomic E-state index is 8.61. The SMILES string of the molecule is [2H]c1c([2H])c([2H])c(-c2cccc(-c3c4ccccc4c(-c4ccc5oc6c(-c7c([2H])c([2H])c([2H])c([2H])c7[2H])cccc6c5c4)c4ccccc34)c2)c([2H])c1[2H]. The molecule has 0 aliphatic heterocycles. The fourth-order valence-corrected chi connectivity index (χ4v) is 6.51. The molecule has 1 heteroatoms. The lowest BCUT2D eigenvalue weighted by atomic mass is 9.85. The molecular weight excluding hydrogens is 544 g/mol. The minimum atomic E-state index is -0.451. The van der Waals surface area contributed by atoms with Gasteiger partial charge in [-0.2, -0.15) is 0 Å². The standard InChI is InChI=1S/C44H28O/c1-3-13-29(14-4-1)31-17-11-18-32(27-31)42-35-19-7-9-21-37(35)43(38-22-10-8-20-36(38)42)33-25-26-41-40(28-33)39-24-12-23-34(44(39)45-41)30-15-5-2-6-16-30/h1-28H/i1D,2D,3D,4D,5D,6D,13D,14D,15D,16D. The van der Waals surface area contributed by atoms with E-state index in [1.165, 1.54) is 0 Å². The first kappa shape index (κ1) is 17.4. The van der Waals surface area contributed by atoms with Crippen LogP contribution < -0.4 is 0 Å². The van der Waals surface area contributed by atoms with E-state index < -0.39 is 24.2 Å². The summed E-state index contributed by atoms with van der Waals surface area (Å²) in [6.45, 7) is 0. The van der Waals surface area contributed by atoms with E-state index in [4.69, 9.17) is 18.1 Å². The van der Waals surface area contributed by atoms with Gasteiger partial charge < -0.3 is 4.42 Å². The second kappa shape index (κ2) is 10.4. The Hall–Kier alpha value is -5.92. The monoisotopic (exact) mass is 582 g/mol. The largest absolute Gasteiger partial charge is 0.455 e. The quantitative estimate of drug-likeness (QED) is 0.188. The van der Waals surface area contributed by atoms with Gasteiger partial charge in [0.25, 0.3) is 0 Å². The molecule has 1 aromatic heterocycles. The molecule has 0 radical (unpaired) electrons. The molecule has 1 nitrogen and oxygen atoms in total. The zero-order chi connectivity index (χ0) is 38.4. The highest BCUT2D eigenvalue weighted by atomic mass is 16.3. The van der Waals surface area contributed by atoms with Crippen LogP contribution in [0.1, 0.15) is 13.7 Å². The normalized spacial score (nSPS) is 14.7. The van der Waals surface area contributed by atoms with Gasteiger partial charge in [0, 0.05) is 16.3 Å². The van der Waals surface area contributed by atoms with Crippen LogP contribution in [-0.2, 0) is 0 Å². The second-order valence-corrected chi connectivity index (χ2v) is 10.9. The van der Waals surface area contributed by atoms with Crippen LogP contribution in [0.15, 0.2) is 174 Å². The van der Waals surface area contributed by atoms with E-state index in [9.17, 15) is 0 Å². The minimum Gasteiger partial charge on any atom is -0.455 e. The molecule has 8 aromatic carbocycles. The van der Waals surface area contributed by atoms with Gasteiger partial charge in [-0.1, -0.05) is 151 Å². The number of benzene rings is 8. The smallest absolute Gasteiger partial charge is 0.143 e. The van der Waals surface area contributed by atoms with Crippen molar-refractivity contribution < 1.29 is 18.1 Å². The molecule has 0 amide bonds.